The van der Waals surface area contributed by atoms with Crippen LogP contribution in [0.2, 0.25) is 5.02 Å². The molecule has 0 spiro atoms. The number of aryl methyl sites for hydroxylation is 1. The number of carbonyl (C=O) groups is 4. The molecule has 3 amide bonds. The van der Waals surface area contributed by atoms with E-state index in [1.165, 1.54) is 29.2 Å². The molecule has 3 rings (SSSR count). The van der Waals surface area contributed by atoms with Crippen molar-refractivity contribution in [3.8, 4) is 6.07 Å². The zero-order chi connectivity index (χ0) is 24.0. The van der Waals surface area contributed by atoms with Gasteiger partial charge in [0.15, 0.2) is 6.61 Å². The molecule has 1 heterocycles. The second-order valence-electron chi connectivity index (χ2n) is 7.27. The van der Waals surface area contributed by atoms with Crippen LogP contribution in [0, 0.1) is 18.3 Å². The van der Waals surface area contributed by atoms with Crippen molar-refractivity contribution in [3.05, 3.63) is 58.6 Å². The minimum absolute atomic E-state index is 0.104. The highest BCUT2D eigenvalue weighted by Crippen LogP contribution is 2.23. The summed E-state index contributed by atoms with van der Waals surface area (Å²) in [7, 11) is 0. The molecule has 1 aliphatic heterocycles. The Balaban J connectivity index is 1.65. The van der Waals surface area contributed by atoms with E-state index in [-0.39, 0.29) is 43.2 Å². The molecule has 9 nitrogen and oxygen atoms in total. The highest BCUT2D eigenvalue weighted by atomic mass is 35.5. The predicted octanol–water partition coefficient (Wildman–Crippen LogP) is 2.91. The maximum Gasteiger partial charge on any atom is 0.338 e. The van der Waals surface area contributed by atoms with E-state index in [1.807, 2.05) is 6.07 Å². The van der Waals surface area contributed by atoms with Crippen molar-refractivity contribution in [1.29, 1.82) is 5.26 Å². The predicted molar refractivity (Wildman–Crippen MR) is 120 cm³/mol. The fourth-order valence-electron chi connectivity index (χ4n) is 3.18. The van der Waals surface area contributed by atoms with Crippen LogP contribution in [0.1, 0.15) is 35.2 Å². The number of hydrazine groups is 1. The maximum atomic E-state index is 12.7. The first kappa shape index (κ1) is 23.8. The van der Waals surface area contributed by atoms with Crippen molar-refractivity contribution in [2.45, 2.75) is 26.2 Å². The average Bonchev–Trinajstić information content (AvgIpc) is 2.81. The molecule has 0 aromatic heterocycles. The number of esters is 1. The fourth-order valence-corrected chi connectivity index (χ4v) is 3.29. The van der Waals surface area contributed by atoms with Crippen molar-refractivity contribution in [2.24, 2.45) is 0 Å². The zero-order valence-corrected chi connectivity index (χ0v) is 18.6. The minimum Gasteiger partial charge on any atom is -0.452 e. The first-order valence-corrected chi connectivity index (χ1v) is 10.5. The molecule has 10 heteroatoms. The normalized spacial score (nSPS) is 13.2. The Hall–Kier alpha value is -3.90. The molecule has 0 aliphatic carbocycles. The van der Waals surface area contributed by atoms with E-state index in [0.29, 0.717) is 16.4 Å². The van der Waals surface area contributed by atoms with Crippen molar-refractivity contribution in [3.63, 3.8) is 0 Å². The van der Waals surface area contributed by atoms with Gasteiger partial charge in [-0.3, -0.25) is 19.8 Å². The third-order valence-electron chi connectivity index (χ3n) is 4.94. The van der Waals surface area contributed by atoms with Gasteiger partial charge in [0.25, 0.3) is 5.91 Å². The quantitative estimate of drug-likeness (QED) is 0.624. The summed E-state index contributed by atoms with van der Waals surface area (Å²) >= 11 is 6.05. The second kappa shape index (κ2) is 10.6. The van der Waals surface area contributed by atoms with Crippen LogP contribution in [0.4, 0.5) is 11.4 Å². The number of nitrogens with zero attached hydrogens (tertiary/aromatic N) is 3. The molecule has 0 unspecified atom stereocenters. The number of halogens is 1. The summed E-state index contributed by atoms with van der Waals surface area (Å²) in [5.74, 6) is -1.74. The summed E-state index contributed by atoms with van der Waals surface area (Å²) in [6.07, 6.45) is 0.344. The smallest absolute Gasteiger partial charge is 0.338 e. The first-order chi connectivity index (χ1) is 15.8. The maximum absolute atomic E-state index is 12.7. The summed E-state index contributed by atoms with van der Waals surface area (Å²) in [6.45, 7) is 1.41. The summed E-state index contributed by atoms with van der Waals surface area (Å²) in [4.78, 5) is 50.0. The Bertz CT molecular complexity index is 1130. The van der Waals surface area contributed by atoms with Crippen LogP contribution in [0.25, 0.3) is 0 Å². The molecule has 33 heavy (non-hydrogen) atoms. The first-order valence-electron chi connectivity index (χ1n) is 10.1. The lowest BCUT2D eigenvalue weighted by atomic mass is 10.1. The molecule has 2 aromatic rings. The molecule has 1 fully saturated rings. The van der Waals surface area contributed by atoms with Gasteiger partial charge in [-0.1, -0.05) is 11.6 Å². The topological polar surface area (TPSA) is 120 Å². The summed E-state index contributed by atoms with van der Waals surface area (Å²) in [6, 6.07) is 12.9. The van der Waals surface area contributed by atoms with E-state index in [9.17, 15) is 19.2 Å². The number of rotatable bonds is 7. The number of carbonyl (C=O) groups excluding carboxylic acids is 4. The van der Waals surface area contributed by atoms with Crippen LogP contribution in [-0.4, -0.2) is 36.8 Å². The Morgan fingerprint density at radius 2 is 1.91 bits per heavy atom. The number of benzene rings is 2. The van der Waals surface area contributed by atoms with E-state index in [0.717, 1.165) is 10.6 Å². The average molecular weight is 469 g/mol. The molecule has 0 bridgehead atoms. The van der Waals surface area contributed by atoms with Gasteiger partial charge in [0.05, 0.1) is 23.7 Å². The Kier molecular flexibility index (Phi) is 7.64. The van der Waals surface area contributed by atoms with E-state index in [1.54, 1.807) is 25.1 Å². The summed E-state index contributed by atoms with van der Waals surface area (Å²) in [5.41, 5.74) is 4.36. The van der Waals surface area contributed by atoms with Gasteiger partial charge in [-0.15, -0.1) is 0 Å². The molecule has 0 saturated carbocycles. The van der Waals surface area contributed by atoms with Crippen molar-refractivity contribution in [1.82, 2.24) is 5.43 Å². The van der Waals surface area contributed by atoms with Crippen LogP contribution in [0.3, 0.4) is 0 Å². The third-order valence-corrected chi connectivity index (χ3v) is 5.37. The fraction of sp³-hybridized carbons (Fsp3) is 0.261. The summed E-state index contributed by atoms with van der Waals surface area (Å²) < 4.78 is 5.16. The summed E-state index contributed by atoms with van der Waals surface area (Å²) in [5, 5.41) is 10.6. The van der Waals surface area contributed by atoms with Gasteiger partial charge in [0.2, 0.25) is 11.8 Å². The Labute approximate surface area is 195 Å². The van der Waals surface area contributed by atoms with Crippen LogP contribution in [0.15, 0.2) is 42.5 Å². The molecule has 0 radical (unpaired) electrons. The molecular weight excluding hydrogens is 448 g/mol. The van der Waals surface area contributed by atoms with Crippen molar-refractivity contribution < 1.29 is 23.9 Å². The lowest BCUT2D eigenvalue weighted by Gasteiger charge is -2.27. The van der Waals surface area contributed by atoms with Crippen LogP contribution >= 0.6 is 11.6 Å². The van der Waals surface area contributed by atoms with Crippen LogP contribution in [0.5, 0.6) is 0 Å². The van der Waals surface area contributed by atoms with Gasteiger partial charge >= 0.3 is 5.97 Å². The van der Waals surface area contributed by atoms with Gasteiger partial charge in [-0.25, -0.2) is 9.80 Å². The highest BCUT2D eigenvalue weighted by molar-refractivity contribution is 6.31. The van der Waals surface area contributed by atoms with E-state index >= 15 is 0 Å². The molecule has 2 aromatic carbocycles. The van der Waals surface area contributed by atoms with Crippen LogP contribution < -0.4 is 15.3 Å². The number of nitriles is 1. The third kappa shape index (κ3) is 5.87. The number of hydrogen-bond acceptors (Lipinski definition) is 6. The van der Waals surface area contributed by atoms with Crippen molar-refractivity contribution in [2.75, 3.05) is 23.1 Å². The number of ether oxygens (including phenoxy) is 1. The molecule has 170 valence electrons. The van der Waals surface area contributed by atoms with Crippen LogP contribution in [-0.2, 0) is 19.1 Å². The second-order valence-corrected chi connectivity index (χ2v) is 7.68. The van der Waals surface area contributed by atoms with E-state index in [2.05, 4.69) is 5.43 Å². The van der Waals surface area contributed by atoms with E-state index in [4.69, 9.17) is 21.6 Å². The zero-order valence-electron chi connectivity index (χ0n) is 17.8. The minimum atomic E-state index is -0.726. The number of anilines is 2. The monoisotopic (exact) mass is 468 g/mol. The molecule has 0 atom stereocenters. The lowest BCUT2D eigenvalue weighted by molar-refractivity contribution is -0.130. The van der Waals surface area contributed by atoms with E-state index < -0.39 is 18.5 Å². The highest BCUT2D eigenvalue weighted by Gasteiger charge is 2.25. The lowest BCUT2D eigenvalue weighted by Crippen LogP contribution is -2.50. The Morgan fingerprint density at radius 3 is 2.58 bits per heavy atom. The standard InChI is InChI=1S/C23H21ClN4O5/c1-15-13-18(7-8-19(15)24)27(12-2-11-25)22(31)14-33-23(32)16-3-5-17(6-4-16)28-21(30)10-9-20(29)26-28/h3-8,13H,2,9-10,12,14H2,1H3,(H,26,29). The Morgan fingerprint density at radius 1 is 1.18 bits per heavy atom. The van der Waals surface area contributed by atoms with Gasteiger partial charge in [0, 0.05) is 30.1 Å². The van der Waals surface area contributed by atoms with Gasteiger partial charge in [-0.2, -0.15) is 5.26 Å². The SMILES string of the molecule is Cc1cc(N(CCC#N)C(=O)COC(=O)c2ccc(N3NC(=O)CCC3=O)cc2)ccc1Cl. The number of nitrogens with one attached hydrogen (secondary N) is 1. The van der Waals surface area contributed by atoms with Crippen molar-refractivity contribution >= 4 is 46.7 Å². The van der Waals surface area contributed by atoms with Gasteiger partial charge in [0.1, 0.15) is 0 Å². The number of hydrogen-bond donors (Lipinski definition) is 1. The largest absolute Gasteiger partial charge is 0.452 e. The van der Waals surface area contributed by atoms with Gasteiger partial charge < -0.3 is 9.64 Å². The molecule has 1 saturated heterocycles. The molecular formula is C23H21ClN4O5. The molecule has 1 aliphatic rings. The molecule has 1 N–H and O–H groups in total. The van der Waals surface area contributed by atoms with Gasteiger partial charge in [-0.05, 0) is 55.0 Å². The number of amides is 3.